The van der Waals surface area contributed by atoms with E-state index in [1.165, 1.54) is 18.2 Å². The first-order chi connectivity index (χ1) is 13.0. The van der Waals surface area contributed by atoms with E-state index in [0.717, 1.165) is 25.9 Å². The summed E-state index contributed by atoms with van der Waals surface area (Å²) in [5.74, 6) is -2.73. The molecule has 27 heavy (non-hydrogen) atoms. The first-order valence-corrected chi connectivity index (χ1v) is 9.34. The number of nitrogens with zero attached hydrogens (tertiary/aromatic N) is 1. The van der Waals surface area contributed by atoms with Crippen molar-refractivity contribution in [2.24, 2.45) is 0 Å². The lowest BCUT2D eigenvalue weighted by molar-refractivity contribution is 0.314. The van der Waals surface area contributed by atoms with E-state index < -0.39 is 17.5 Å². The van der Waals surface area contributed by atoms with E-state index in [4.69, 9.17) is 4.74 Å². The van der Waals surface area contributed by atoms with Crippen molar-refractivity contribution in [1.29, 1.82) is 0 Å². The highest BCUT2D eigenvalue weighted by molar-refractivity contribution is 5.67. The summed E-state index contributed by atoms with van der Waals surface area (Å²) in [4.78, 5) is 2.13. The Morgan fingerprint density at radius 2 is 1.63 bits per heavy atom. The van der Waals surface area contributed by atoms with E-state index in [9.17, 15) is 13.2 Å². The van der Waals surface area contributed by atoms with Crippen LogP contribution in [0.4, 0.5) is 13.2 Å². The fourth-order valence-corrected chi connectivity index (χ4v) is 2.87. The molecule has 2 rings (SSSR count). The summed E-state index contributed by atoms with van der Waals surface area (Å²) in [5.41, 5.74) is 0.690. The van der Waals surface area contributed by atoms with Crippen LogP contribution < -0.4 is 4.74 Å². The van der Waals surface area contributed by atoms with E-state index in [1.54, 1.807) is 25.1 Å². The molecule has 0 aliphatic heterocycles. The fourth-order valence-electron chi connectivity index (χ4n) is 2.87. The molecule has 0 spiro atoms. The van der Waals surface area contributed by atoms with Crippen LogP contribution >= 0.6 is 0 Å². The predicted octanol–water partition coefficient (Wildman–Crippen LogP) is 6.26. The van der Waals surface area contributed by atoms with E-state index in [2.05, 4.69) is 18.7 Å². The monoisotopic (exact) mass is 377 g/mol. The number of halogens is 3. The molecule has 2 aromatic rings. The minimum absolute atomic E-state index is 0.00368. The molecule has 5 heteroatoms. The Hall–Kier alpha value is -2.43. The highest BCUT2D eigenvalue weighted by atomic mass is 19.2. The molecule has 2 nitrogen and oxygen atoms in total. The summed E-state index contributed by atoms with van der Waals surface area (Å²) in [5, 5.41) is 0. The van der Waals surface area contributed by atoms with Crippen molar-refractivity contribution < 1.29 is 17.9 Å². The Morgan fingerprint density at radius 1 is 0.926 bits per heavy atom. The Bertz CT molecular complexity index is 783. The van der Waals surface area contributed by atoms with Crippen LogP contribution in [-0.2, 0) is 0 Å². The molecule has 2 aromatic carbocycles. The summed E-state index contributed by atoms with van der Waals surface area (Å²) < 4.78 is 47.9. The van der Waals surface area contributed by atoms with Crippen molar-refractivity contribution in [1.82, 2.24) is 4.90 Å². The molecule has 0 heterocycles. The lowest BCUT2D eigenvalue weighted by Gasteiger charge is -2.18. The van der Waals surface area contributed by atoms with E-state index in [1.807, 2.05) is 6.20 Å². The van der Waals surface area contributed by atoms with Gasteiger partial charge in [0.15, 0.2) is 11.6 Å². The zero-order valence-corrected chi connectivity index (χ0v) is 16.1. The van der Waals surface area contributed by atoms with Gasteiger partial charge in [-0.2, -0.15) is 4.39 Å². The van der Waals surface area contributed by atoms with Crippen LogP contribution in [0.15, 0.2) is 36.5 Å². The van der Waals surface area contributed by atoms with Gasteiger partial charge in [-0.3, -0.25) is 0 Å². The minimum Gasteiger partial charge on any atom is -0.491 e. The summed E-state index contributed by atoms with van der Waals surface area (Å²) in [6.45, 7) is 7.92. The second kappa shape index (κ2) is 10.0. The molecule has 0 unspecified atom stereocenters. The van der Waals surface area contributed by atoms with Gasteiger partial charge >= 0.3 is 0 Å². The Morgan fingerprint density at radius 3 is 2.22 bits per heavy atom. The number of hydrogen-bond acceptors (Lipinski definition) is 2. The molecule has 0 bridgehead atoms. The van der Waals surface area contributed by atoms with Crippen LogP contribution in [0.5, 0.6) is 5.75 Å². The van der Waals surface area contributed by atoms with Gasteiger partial charge in [0.1, 0.15) is 5.82 Å². The summed E-state index contributed by atoms with van der Waals surface area (Å²) in [7, 11) is 0. The lowest BCUT2D eigenvalue weighted by Crippen LogP contribution is -2.18. The van der Waals surface area contributed by atoms with Crippen LogP contribution in [0, 0.1) is 17.5 Å². The molecule has 0 saturated carbocycles. The van der Waals surface area contributed by atoms with Crippen molar-refractivity contribution in [3.63, 3.8) is 0 Å². The third-order valence-corrected chi connectivity index (χ3v) is 4.14. The van der Waals surface area contributed by atoms with Gasteiger partial charge in [-0.1, -0.05) is 26.0 Å². The molecule has 0 fully saturated rings. The molecule has 0 aromatic heterocycles. The van der Waals surface area contributed by atoms with Gasteiger partial charge in [0.25, 0.3) is 0 Å². The average Bonchev–Trinajstić information content (AvgIpc) is 2.65. The largest absolute Gasteiger partial charge is 0.491 e. The van der Waals surface area contributed by atoms with E-state index in [-0.39, 0.29) is 23.5 Å². The summed E-state index contributed by atoms with van der Waals surface area (Å²) in [6, 6.07) is 7.14. The highest BCUT2D eigenvalue weighted by Gasteiger charge is 2.16. The quantitative estimate of drug-likeness (QED) is 0.511. The average molecular weight is 377 g/mol. The highest BCUT2D eigenvalue weighted by Crippen LogP contribution is 2.31. The first kappa shape index (κ1) is 20.9. The molecule has 0 saturated heterocycles. The molecule has 0 radical (unpaired) electrons. The van der Waals surface area contributed by atoms with Crippen LogP contribution in [0.3, 0.4) is 0 Å². The van der Waals surface area contributed by atoms with E-state index in [0.29, 0.717) is 5.56 Å². The molecule has 0 aliphatic carbocycles. The molecular weight excluding hydrogens is 351 g/mol. The first-order valence-electron chi connectivity index (χ1n) is 9.34. The molecule has 146 valence electrons. The summed E-state index contributed by atoms with van der Waals surface area (Å²) >= 11 is 0. The lowest BCUT2D eigenvalue weighted by atomic mass is 10.0. The van der Waals surface area contributed by atoms with Crippen molar-refractivity contribution in [3.8, 4) is 16.9 Å². The zero-order valence-electron chi connectivity index (χ0n) is 16.1. The third-order valence-electron chi connectivity index (χ3n) is 4.14. The maximum atomic E-state index is 14.5. The van der Waals surface area contributed by atoms with Crippen LogP contribution in [0.2, 0.25) is 0 Å². The van der Waals surface area contributed by atoms with Crippen molar-refractivity contribution >= 4 is 6.08 Å². The maximum Gasteiger partial charge on any atom is 0.201 e. The topological polar surface area (TPSA) is 12.5 Å². The number of benzene rings is 2. The Kier molecular flexibility index (Phi) is 7.77. The van der Waals surface area contributed by atoms with Gasteiger partial charge in [0.05, 0.1) is 6.61 Å². The molecule has 0 amide bonds. The molecule has 0 aliphatic rings. The van der Waals surface area contributed by atoms with Gasteiger partial charge < -0.3 is 9.64 Å². The molecule has 0 N–H and O–H groups in total. The van der Waals surface area contributed by atoms with Gasteiger partial charge in [0.2, 0.25) is 5.82 Å². The smallest absolute Gasteiger partial charge is 0.201 e. The van der Waals surface area contributed by atoms with Crippen LogP contribution in [-0.4, -0.2) is 24.6 Å². The van der Waals surface area contributed by atoms with Crippen molar-refractivity contribution in [2.75, 3.05) is 19.7 Å². The second-order valence-electron chi connectivity index (χ2n) is 6.26. The molecule has 0 atom stereocenters. The van der Waals surface area contributed by atoms with Gasteiger partial charge in [0, 0.05) is 24.2 Å². The third kappa shape index (κ3) is 5.28. The van der Waals surface area contributed by atoms with Gasteiger partial charge in [-0.25, -0.2) is 8.78 Å². The number of rotatable bonds is 9. The standard InChI is InChI=1S/C22H26F3NO/c1-4-12-26(13-5-2)14-11-16-7-8-17(15-19(16)23)18-9-10-20(27-6-3)22(25)21(18)24/h7-11,14-15H,4-6,12-13H2,1-3H3/b14-11+. The fraction of sp³-hybridized carbons (Fsp3) is 0.364. The zero-order chi connectivity index (χ0) is 19.8. The van der Waals surface area contributed by atoms with E-state index >= 15 is 0 Å². The van der Waals surface area contributed by atoms with Gasteiger partial charge in [-0.15, -0.1) is 0 Å². The summed E-state index contributed by atoms with van der Waals surface area (Å²) in [6.07, 6.45) is 5.60. The normalized spacial score (nSPS) is 11.2. The Balaban J connectivity index is 2.27. The molecular formula is C22H26F3NO. The van der Waals surface area contributed by atoms with Crippen LogP contribution in [0.1, 0.15) is 39.2 Å². The van der Waals surface area contributed by atoms with Gasteiger partial charge in [-0.05, 0) is 55.8 Å². The SMILES string of the molecule is CCCN(/C=C/c1ccc(-c2ccc(OCC)c(F)c2F)cc1F)CCC. The minimum atomic E-state index is -1.06. The second-order valence-corrected chi connectivity index (χ2v) is 6.26. The van der Waals surface area contributed by atoms with Crippen molar-refractivity contribution in [2.45, 2.75) is 33.6 Å². The number of hydrogen-bond donors (Lipinski definition) is 0. The maximum absolute atomic E-state index is 14.5. The Labute approximate surface area is 159 Å². The van der Waals surface area contributed by atoms with Crippen LogP contribution in [0.25, 0.3) is 17.2 Å². The predicted molar refractivity (Wildman–Crippen MR) is 104 cm³/mol. The van der Waals surface area contributed by atoms with Crippen molar-refractivity contribution in [3.05, 3.63) is 59.5 Å². The number of ether oxygens (including phenoxy) is 1.